The first-order valence-electron chi connectivity index (χ1n) is 14.8. The van der Waals surface area contributed by atoms with Crippen molar-refractivity contribution in [3.63, 3.8) is 0 Å². The van der Waals surface area contributed by atoms with E-state index in [1.54, 1.807) is 13.8 Å². The molecule has 45 heavy (non-hydrogen) atoms. The minimum atomic E-state index is -1.07. The molecule has 1 heterocycles. The maximum atomic E-state index is 14.4. The number of hydrogen-bond donors (Lipinski definition) is 4. The van der Waals surface area contributed by atoms with Gasteiger partial charge in [0.05, 0.1) is 17.0 Å². The average Bonchev–Trinajstić information content (AvgIpc) is 3.36. The number of carbonyl (C=O) groups excluding carboxylic acids is 4. The number of ether oxygens (including phenoxy) is 1. The summed E-state index contributed by atoms with van der Waals surface area (Å²) >= 11 is 0. The molecule has 0 saturated heterocycles. The molecule has 1 unspecified atom stereocenters. The summed E-state index contributed by atoms with van der Waals surface area (Å²) in [6.07, 6.45) is 1.30. The third kappa shape index (κ3) is 8.29. The van der Waals surface area contributed by atoms with E-state index < -0.39 is 42.3 Å². The number of nitrogens with zero attached hydrogens (tertiary/aromatic N) is 2. The minimum absolute atomic E-state index is 0.0652. The van der Waals surface area contributed by atoms with E-state index in [2.05, 4.69) is 15.5 Å². The molecule has 0 bridgehead atoms. The van der Waals surface area contributed by atoms with Crippen LogP contribution in [0.4, 0.5) is 10.1 Å². The number of fused-ring (bicyclic) bond motifs is 1. The molecule has 12 nitrogen and oxygen atoms in total. The predicted octanol–water partition coefficient (Wildman–Crippen LogP) is 2.94. The first-order valence-corrected chi connectivity index (χ1v) is 14.8. The quantitative estimate of drug-likeness (QED) is 0.170. The third-order valence-electron chi connectivity index (χ3n) is 7.80. The maximum Gasteiger partial charge on any atom is 0.330 e. The van der Waals surface area contributed by atoms with E-state index in [-0.39, 0.29) is 47.7 Å². The Kier molecular flexibility index (Phi) is 11.9. The number of esters is 1. The number of likely N-dealkylation sites (N-methyl/N-ethyl adjacent to an activating group) is 1. The van der Waals surface area contributed by atoms with Crippen LogP contribution < -0.4 is 15.5 Å². The van der Waals surface area contributed by atoms with Crippen molar-refractivity contribution < 1.29 is 38.2 Å². The van der Waals surface area contributed by atoms with Crippen LogP contribution >= 0.6 is 0 Å². The van der Waals surface area contributed by atoms with Crippen LogP contribution in [0.25, 0.3) is 5.57 Å². The number of halogens is 1. The van der Waals surface area contributed by atoms with Crippen LogP contribution in [0.5, 0.6) is 0 Å². The fourth-order valence-corrected chi connectivity index (χ4v) is 5.17. The lowest BCUT2D eigenvalue weighted by Gasteiger charge is -2.19. The monoisotopic (exact) mass is 625 g/mol. The molecule has 3 amide bonds. The average molecular weight is 626 g/mol. The van der Waals surface area contributed by atoms with Gasteiger partial charge in [-0.15, -0.1) is 0 Å². The van der Waals surface area contributed by atoms with E-state index in [1.165, 1.54) is 31.2 Å². The molecule has 3 rings (SSSR count). The molecule has 2 aliphatic rings. The van der Waals surface area contributed by atoms with Gasteiger partial charge in [0.25, 0.3) is 11.8 Å². The van der Waals surface area contributed by atoms with Crippen molar-refractivity contribution in [1.82, 2.24) is 15.5 Å². The Morgan fingerprint density at radius 3 is 2.47 bits per heavy atom. The second-order valence-corrected chi connectivity index (χ2v) is 10.8. The summed E-state index contributed by atoms with van der Waals surface area (Å²) in [7, 11) is 0. The van der Waals surface area contributed by atoms with E-state index in [4.69, 9.17) is 15.3 Å². The predicted molar refractivity (Wildman–Crippen MR) is 166 cm³/mol. The molecule has 1 aromatic carbocycles. The number of carboxylic acids is 1. The maximum absolute atomic E-state index is 14.4. The number of aliphatic carboxylic acids is 1. The first kappa shape index (κ1) is 34.8. The number of nitrogens with one attached hydrogen (secondary N) is 3. The smallest absolute Gasteiger partial charge is 0.330 e. The van der Waals surface area contributed by atoms with Crippen LogP contribution in [0.1, 0.15) is 59.4 Å². The summed E-state index contributed by atoms with van der Waals surface area (Å²) in [6.45, 7) is 11.1. The van der Waals surface area contributed by atoms with Crippen molar-refractivity contribution in [2.45, 2.75) is 59.9 Å². The number of rotatable bonds is 15. The number of carbonyl (C=O) groups is 5. The fraction of sp³-hybridized carbons (Fsp3) is 0.438. The summed E-state index contributed by atoms with van der Waals surface area (Å²) in [5.41, 5.74) is 2.31. The number of carboxylic acid groups (broad SMARTS) is 1. The van der Waals surface area contributed by atoms with Gasteiger partial charge in [-0.25, -0.2) is 9.18 Å². The summed E-state index contributed by atoms with van der Waals surface area (Å²) in [5.74, 6) is -3.90. The number of anilines is 1. The van der Waals surface area contributed by atoms with Gasteiger partial charge < -0.3 is 25.4 Å². The number of hydrogen-bond acceptors (Lipinski definition) is 8. The highest BCUT2D eigenvalue weighted by molar-refractivity contribution is 6.34. The van der Waals surface area contributed by atoms with Gasteiger partial charge in [0.15, 0.2) is 6.73 Å². The van der Waals surface area contributed by atoms with Crippen LogP contribution in [0.2, 0.25) is 0 Å². The summed E-state index contributed by atoms with van der Waals surface area (Å²) < 4.78 is 19.7. The molecule has 13 heteroatoms. The first-order chi connectivity index (χ1) is 21.3. The Labute approximate surface area is 261 Å². The Morgan fingerprint density at radius 1 is 1.13 bits per heavy atom. The largest absolute Gasteiger partial charge is 0.481 e. The van der Waals surface area contributed by atoms with Gasteiger partial charge in [-0.1, -0.05) is 13.8 Å². The Morgan fingerprint density at radius 2 is 1.82 bits per heavy atom. The highest BCUT2D eigenvalue weighted by Gasteiger charge is 2.36. The fourth-order valence-electron chi connectivity index (χ4n) is 5.17. The van der Waals surface area contributed by atoms with Crippen molar-refractivity contribution in [2.24, 2.45) is 0 Å². The van der Waals surface area contributed by atoms with Gasteiger partial charge >= 0.3 is 11.9 Å². The molecule has 1 aliphatic heterocycles. The molecule has 1 aromatic rings. The van der Waals surface area contributed by atoms with Crippen molar-refractivity contribution in [1.29, 1.82) is 5.41 Å². The van der Waals surface area contributed by atoms with Crippen LogP contribution in [0.15, 0.2) is 46.6 Å². The normalized spacial score (nSPS) is 16.1. The van der Waals surface area contributed by atoms with E-state index in [0.717, 1.165) is 18.0 Å². The van der Waals surface area contributed by atoms with Gasteiger partial charge in [-0.3, -0.25) is 29.5 Å². The third-order valence-corrected chi connectivity index (χ3v) is 7.80. The Bertz CT molecular complexity index is 1490. The Hall–Kier alpha value is -4.65. The second-order valence-electron chi connectivity index (χ2n) is 10.8. The lowest BCUT2D eigenvalue weighted by Crippen LogP contribution is -2.41. The van der Waals surface area contributed by atoms with Crippen molar-refractivity contribution in [3.8, 4) is 0 Å². The lowest BCUT2D eigenvalue weighted by molar-refractivity contribution is -0.147. The zero-order chi connectivity index (χ0) is 33.4. The van der Waals surface area contributed by atoms with Crippen LogP contribution in [0.3, 0.4) is 0 Å². The molecule has 1 aliphatic carbocycles. The van der Waals surface area contributed by atoms with E-state index in [1.807, 2.05) is 13.8 Å². The highest BCUT2D eigenvalue weighted by atomic mass is 19.1. The van der Waals surface area contributed by atoms with Gasteiger partial charge in [0.1, 0.15) is 11.9 Å². The van der Waals surface area contributed by atoms with Crippen molar-refractivity contribution >= 4 is 46.6 Å². The van der Waals surface area contributed by atoms with Gasteiger partial charge in [0, 0.05) is 42.6 Å². The summed E-state index contributed by atoms with van der Waals surface area (Å²) in [6, 6.07) is 2.65. The zero-order valence-corrected chi connectivity index (χ0v) is 26.2. The van der Waals surface area contributed by atoms with Crippen LogP contribution in [0, 0.1) is 11.2 Å². The van der Waals surface area contributed by atoms with E-state index >= 15 is 0 Å². The number of amides is 3. The molecule has 0 spiro atoms. The molecule has 1 atom stereocenters. The molecule has 4 N–H and O–H groups in total. The molecular weight excluding hydrogens is 585 g/mol. The van der Waals surface area contributed by atoms with Crippen molar-refractivity contribution in [3.05, 3.63) is 57.9 Å². The molecule has 0 fully saturated rings. The molecule has 0 saturated carbocycles. The van der Waals surface area contributed by atoms with E-state index in [0.29, 0.717) is 35.4 Å². The molecule has 0 aromatic heterocycles. The van der Waals surface area contributed by atoms with Crippen LogP contribution in [-0.2, 0) is 28.7 Å². The van der Waals surface area contributed by atoms with E-state index in [9.17, 15) is 28.4 Å². The molecular formula is C32H40FN5O7. The number of benzene rings is 1. The minimum Gasteiger partial charge on any atom is -0.481 e. The SMILES string of the molecule is CCN(CC)CCNC(=O)C1=C(C)C(=N)C(/C=C2\C(=O)N(COC(=O)C(C)NC(=O)CCCC(=O)O)c3ccc(F)cc32)=C1C. The number of allylic oxidation sites excluding steroid dienone is 3. The lowest BCUT2D eigenvalue weighted by atomic mass is 10.00. The van der Waals surface area contributed by atoms with Gasteiger partial charge in [-0.05, 0) is 75.7 Å². The Balaban J connectivity index is 1.77. The van der Waals surface area contributed by atoms with Gasteiger partial charge in [0.2, 0.25) is 5.91 Å². The molecule has 0 radical (unpaired) electrons. The standard InChI is InChI=1S/C32H40FN5O7/c1-6-37(7-2)14-13-35-30(42)28-18(3)22(29(34)19(28)4)16-24-23-15-21(33)11-12-25(23)38(31(24)43)17-45-32(44)20(5)36-26(39)9-8-10-27(40)41/h11-12,15-16,20,34H,6-10,13-14,17H2,1-5H3,(H,35,42)(H,36,39)(H,40,41)/b24-16-,34-29?. The summed E-state index contributed by atoms with van der Waals surface area (Å²) in [5, 5.41) is 22.8. The van der Waals surface area contributed by atoms with Crippen LogP contribution in [-0.4, -0.2) is 84.3 Å². The van der Waals surface area contributed by atoms with Crippen molar-refractivity contribution in [2.75, 3.05) is 37.8 Å². The summed E-state index contributed by atoms with van der Waals surface area (Å²) in [4.78, 5) is 65.3. The zero-order valence-electron chi connectivity index (χ0n) is 26.2. The van der Waals surface area contributed by atoms with Gasteiger partial charge in [-0.2, -0.15) is 0 Å². The molecule has 242 valence electrons. The highest BCUT2D eigenvalue weighted by Crippen LogP contribution is 2.40. The topological polar surface area (TPSA) is 169 Å². The second kappa shape index (κ2) is 15.4.